The number of fused-ring (bicyclic) bond motifs is 16. The fourth-order valence-electron chi connectivity index (χ4n) is 10.5. The van der Waals surface area contributed by atoms with E-state index >= 15 is 0 Å². The third-order valence-electron chi connectivity index (χ3n) is 13.0. The van der Waals surface area contributed by atoms with Crippen LogP contribution in [0, 0.1) is 6.92 Å². The van der Waals surface area contributed by atoms with Crippen molar-refractivity contribution in [2.24, 2.45) is 0 Å². The molecule has 0 saturated carbocycles. The summed E-state index contributed by atoms with van der Waals surface area (Å²) in [6.07, 6.45) is 0.905. The maximum Gasteiger partial charge on any atom is 0.0725 e. The molecule has 0 heterocycles. The van der Waals surface area contributed by atoms with Crippen LogP contribution in [0.1, 0.15) is 63.9 Å². The van der Waals surface area contributed by atoms with Gasteiger partial charge in [0.05, 0.1) is 5.41 Å². The highest BCUT2D eigenvalue weighted by Crippen LogP contribution is 2.62. The molecule has 56 heavy (non-hydrogen) atoms. The van der Waals surface area contributed by atoms with E-state index in [0.717, 1.165) is 6.42 Å². The monoisotopic (exact) mass is 714 g/mol. The van der Waals surface area contributed by atoms with Gasteiger partial charge in [-0.1, -0.05) is 207 Å². The van der Waals surface area contributed by atoms with Gasteiger partial charge in [-0.15, -0.1) is 0 Å². The smallest absolute Gasteiger partial charge is 0.0619 e. The molecule has 0 unspecified atom stereocenters. The molecule has 0 bridgehead atoms. The lowest BCUT2D eigenvalue weighted by atomic mass is 9.70. The van der Waals surface area contributed by atoms with Crippen molar-refractivity contribution < 1.29 is 0 Å². The zero-order valence-electron chi connectivity index (χ0n) is 32.1. The number of rotatable bonds is 2. The van der Waals surface area contributed by atoms with E-state index in [9.17, 15) is 0 Å². The Kier molecular flexibility index (Phi) is 7.20. The summed E-state index contributed by atoms with van der Waals surface area (Å²) in [6, 6.07) is 70.1. The van der Waals surface area contributed by atoms with E-state index in [1.807, 2.05) is 0 Å². The summed E-state index contributed by atoms with van der Waals surface area (Å²) in [6.45, 7) is 6.79. The van der Waals surface area contributed by atoms with Gasteiger partial charge in [-0.25, -0.2) is 0 Å². The van der Waals surface area contributed by atoms with Crippen LogP contribution in [0.5, 0.6) is 0 Å². The summed E-state index contributed by atoms with van der Waals surface area (Å²) in [7, 11) is 0. The van der Waals surface area contributed by atoms with E-state index in [-0.39, 0.29) is 10.8 Å². The molecule has 0 nitrogen and oxygen atoms in total. The van der Waals surface area contributed by atoms with E-state index < -0.39 is 0 Å². The molecule has 0 aliphatic heterocycles. The molecule has 0 heteroatoms. The van der Waals surface area contributed by atoms with Crippen LogP contribution in [0.15, 0.2) is 188 Å². The second-order valence-corrected chi connectivity index (χ2v) is 16.5. The average molecular weight is 715 g/mol. The molecule has 0 N–H and O–H groups in total. The summed E-state index contributed by atoms with van der Waals surface area (Å²) in [5.41, 5.74) is 20.7. The van der Waals surface area contributed by atoms with Crippen molar-refractivity contribution in [2.45, 2.75) is 38.0 Å². The fourth-order valence-corrected chi connectivity index (χ4v) is 10.5. The van der Waals surface area contributed by atoms with Crippen LogP contribution < -0.4 is 0 Å². The average Bonchev–Trinajstić information content (AvgIpc) is 3.79. The third kappa shape index (κ3) is 4.66. The Morgan fingerprint density at radius 1 is 0.339 bits per heavy atom. The summed E-state index contributed by atoms with van der Waals surface area (Å²) in [4.78, 5) is 0. The van der Waals surface area contributed by atoms with Gasteiger partial charge in [-0.2, -0.15) is 0 Å². The number of benzene rings is 9. The number of aryl methyl sites for hydroxylation is 1. The van der Waals surface area contributed by atoms with Crippen molar-refractivity contribution in [3.63, 3.8) is 0 Å². The van der Waals surface area contributed by atoms with Gasteiger partial charge < -0.3 is 0 Å². The molecule has 12 rings (SSSR count). The zero-order chi connectivity index (χ0) is 37.6. The summed E-state index contributed by atoms with van der Waals surface area (Å²) in [5, 5.41) is 5.25. The molecule has 1 spiro atoms. The fraction of sp³-hybridized carbons (Fsp3) is 0.107. The normalized spacial score (nSPS) is 14.3. The molecule has 0 amide bonds. The van der Waals surface area contributed by atoms with Gasteiger partial charge in [0, 0.05) is 5.41 Å². The van der Waals surface area contributed by atoms with E-state index in [1.54, 1.807) is 0 Å². The Balaban J connectivity index is 0.000000190. The van der Waals surface area contributed by atoms with Crippen molar-refractivity contribution in [1.29, 1.82) is 0 Å². The first-order valence-electron chi connectivity index (χ1n) is 20.0. The first kappa shape index (κ1) is 32.9. The quantitative estimate of drug-likeness (QED) is 0.156. The SMILES string of the molecule is Cc1ccc2c(c1)-c1ccccc1C2(C)C.c1ccc2c(c1)-c1ccccc1C21c2ccccc2-c2ccc(Cc3ccc4ccc5ccccc5c4c3)cc21. The molecule has 0 radical (unpaired) electrons. The predicted octanol–water partition coefficient (Wildman–Crippen LogP) is 14.2. The van der Waals surface area contributed by atoms with Crippen LogP contribution >= 0.6 is 0 Å². The van der Waals surface area contributed by atoms with E-state index in [1.165, 1.54) is 105 Å². The van der Waals surface area contributed by atoms with Gasteiger partial charge in [0.25, 0.3) is 0 Å². The molecule has 0 atom stereocenters. The molecule has 3 aliphatic rings. The summed E-state index contributed by atoms with van der Waals surface area (Å²) in [5.74, 6) is 0. The second kappa shape index (κ2) is 12.3. The van der Waals surface area contributed by atoms with Gasteiger partial charge in [-0.05, 0) is 113 Å². The molecule has 3 aliphatic carbocycles. The minimum atomic E-state index is -0.283. The number of hydrogen-bond acceptors (Lipinski definition) is 0. The van der Waals surface area contributed by atoms with Crippen LogP contribution in [0.2, 0.25) is 0 Å². The van der Waals surface area contributed by atoms with Crippen LogP contribution in [-0.4, -0.2) is 0 Å². The van der Waals surface area contributed by atoms with Gasteiger partial charge in [0.2, 0.25) is 0 Å². The van der Waals surface area contributed by atoms with Crippen LogP contribution in [0.25, 0.3) is 54.9 Å². The highest BCUT2D eigenvalue weighted by atomic mass is 14.5. The molecule has 0 aromatic heterocycles. The van der Waals surface area contributed by atoms with Gasteiger partial charge >= 0.3 is 0 Å². The number of hydrogen-bond donors (Lipinski definition) is 0. The lowest BCUT2D eigenvalue weighted by Crippen LogP contribution is -2.26. The zero-order valence-corrected chi connectivity index (χ0v) is 32.1. The van der Waals surface area contributed by atoms with E-state index in [2.05, 4.69) is 209 Å². The molecule has 0 fully saturated rings. The van der Waals surface area contributed by atoms with Crippen molar-refractivity contribution in [3.05, 3.63) is 238 Å². The van der Waals surface area contributed by atoms with Crippen molar-refractivity contribution >= 4 is 21.5 Å². The van der Waals surface area contributed by atoms with Crippen LogP contribution in [0.4, 0.5) is 0 Å². The maximum absolute atomic E-state index is 2.50. The van der Waals surface area contributed by atoms with Crippen molar-refractivity contribution in [1.82, 2.24) is 0 Å². The lowest BCUT2D eigenvalue weighted by molar-refractivity contribution is 0.660. The van der Waals surface area contributed by atoms with Crippen LogP contribution in [-0.2, 0) is 17.3 Å². The molecule has 0 saturated heterocycles. The second-order valence-electron chi connectivity index (χ2n) is 16.5. The highest BCUT2D eigenvalue weighted by Gasteiger charge is 2.51. The van der Waals surface area contributed by atoms with Crippen LogP contribution in [0.3, 0.4) is 0 Å². The minimum Gasteiger partial charge on any atom is -0.0619 e. The highest BCUT2D eigenvalue weighted by molar-refractivity contribution is 6.07. The molecular formula is C56H42. The minimum absolute atomic E-state index is 0.152. The van der Waals surface area contributed by atoms with Gasteiger partial charge in [-0.3, -0.25) is 0 Å². The predicted molar refractivity (Wildman–Crippen MR) is 236 cm³/mol. The Labute approximate surface area is 329 Å². The Morgan fingerprint density at radius 2 is 0.804 bits per heavy atom. The van der Waals surface area contributed by atoms with Gasteiger partial charge in [0.15, 0.2) is 0 Å². The third-order valence-corrected chi connectivity index (χ3v) is 13.0. The first-order valence-corrected chi connectivity index (χ1v) is 20.0. The largest absolute Gasteiger partial charge is 0.0725 e. The maximum atomic E-state index is 2.50. The molecular weight excluding hydrogens is 673 g/mol. The van der Waals surface area contributed by atoms with E-state index in [4.69, 9.17) is 0 Å². The first-order chi connectivity index (χ1) is 27.4. The summed E-state index contributed by atoms with van der Waals surface area (Å²) < 4.78 is 0. The molecule has 266 valence electrons. The van der Waals surface area contributed by atoms with E-state index in [0.29, 0.717) is 0 Å². The Morgan fingerprint density at radius 3 is 1.46 bits per heavy atom. The Bertz CT molecular complexity index is 2980. The Hall–Kier alpha value is -6.50. The molecule has 9 aromatic carbocycles. The standard InChI is InChI=1S/C40H26.C16H16/c1-2-10-30-28(9-1)20-21-29-19-17-26(24-35(29)30)23-27-18-22-34-33-13-5-8-16-38(33)40(39(34)25-27)36-14-6-3-11-31(36)32-12-4-7-15-37(32)40;1-11-8-9-15-13(10-11)12-6-4-5-7-14(12)16(15,2)3/h1-22,24-25H,23H2;4-10H,1-3H3. The van der Waals surface area contributed by atoms with Crippen molar-refractivity contribution in [2.75, 3.05) is 0 Å². The topological polar surface area (TPSA) is 0 Å². The molecule has 9 aromatic rings. The summed E-state index contributed by atoms with van der Waals surface area (Å²) >= 11 is 0. The van der Waals surface area contributed by atoms with Gasteiger partial charge in [0.1, 0.15) is 0 Å². The van der Waals surface area contributed by atoms with Crippen molar-refractivity contribution in [3.8, 4) is 33.4 Å². The lowest BCUT2D eigenvalue weighted by Gasteiger charge is -2.30.